The number of alkyl halides is 1. The molecule has 1 unspecified atom stereocenters. The number of hydrogen-bond donors (Lipinski definition) is 0. The first-order valence-corrected chi connectivity index (χ1v) is 6.53. The van der Waals surface area contributed by atoms with Crippen molar-refractivity contribution in [2.24, 2.45) is 0 Å². The molecule has 0 radical (unpaired) electrons. The summed E-state index contributed by atoms with van der Waals surface area (Å²) in [5.41, 5.74) is 0.988. The zero-order valence-corrected chi connectivity index (χ0v) is 11.0. The molecule has 0 saturated carbocycles. The van der Waals surface area contributed by atoms with Crippen LogP contribution in [0, 0.1) is 5.82 Å². The van der Waals surface area contributed by atoms with Gasteiger partial charge in [-0.2, -0.15) is 0 Å². The van der Waals surface area contributed by atoms with E-state index >= 15 is 0 Å². The van der Waals surface area contributed by atoms with E-state index in [1.54, 1.807) is 6.07 Å². The Kier molecular flexibility index (Phi) is 6.15. The van der Waals surface area contributed by atoms with Crippen LogP contribution in [0.15, 0.2) is 18.2 Å². The topological polar surface area (TPSA) is 0 Å². The maximum Gasteiger partial charge on any atom is 0.142 e. The summed E-state index contributed by atoms with van der Waals surface area (Å²) in [4.78, 5) is 0. The Morgan fingerprint density at radius 3 is 2.69 bits per heavy atom. The molecule has 0 heterocycles. The van der Waals surface area contributed by atoms with Gasteiger partial charge in [0.1, 0.15) is 5.82 Å². The van der Waals surface area contributed by atoms with E-state index in [1.165, 1.54) is 6.07 Å². The average molecular weight is 263 g/mol. The van der Waals surface area contributed by atoms with Crippen LogP contribution in [0.4, 0.5) is 4.39 Å². The van der Waals surface area contributed by atoms with Crippen molar-refractivity contribution in [3.8, 4) is 0 Å². The molecule has 1 atom stereocenters. The summed E-state index contributed by atoms with van der Waals surface area (Å²) in [7, 11) is 0. The lowest BCUT2D eigenvalue weighted by Crippen LogP contribution is -1.98. The Hall–Kier alpha value is -0.270. The first kappa shape index (κ1) is 13.8. The van der Waals surface area contributed by atoms with E-state index in [2.05, 4.69) is 6.92 Å². The summed E-state index contributed by atoms with van der Waals surface area (Å²) in [6, 6.07) is 4.98. The molecule has 0 aliphatic heterocycles. The monoisotopic (exact) mass is 262 g/mol. The Balaban J connectivity index is 2.34. The standard InChI is InChI=1S/C13H17Cl2F/c1-2-4-11(14)6-3-5-10-7-8-12(15)13(16)9-10/h7-9,11H,2-6H2,1H3. The quantitative estimate of drug-likeness (QED) is 0.618. The first-order chi connectivity index (χ1) is 7.63. The Bertz CT molecular complexity index is 326. The van der Waals surface area contributed by atoms with E-state index in [9.17, 15) is 4.39 Å². The summed E-state index contributed by atoms with van der Waals surface area (Å²) in [6.45, 7) is 2.13. The summed E-state index contributed by atoms with van der Waals surface area (Å²) >= 11 is 11.7. The van der Waals surface area contributed by atoms with Gasteiger partial charge in [0.2, 0.25) is 0 Å². The van der Waals surface area contributed by atoms with E-state index < -0.39 is 0 Å². The molecule has 1 aromatic rings. The Morgan fingerprint density at radius 1 is 1.31 bits per heavy atom. The molecule has 0 aliphatic rings. The predicted molar refractivity (Wildman–Crippen MR) is 68.9 cm³/mol. The highest BCUT2D eigenvalue weighted by Gasteiger charge is 2.04. The fourth-order valence-corrected chi connectivity index (χ4v) is 2.17. The second-order valence-electron chi connectivity index (χ2n) is 4.03. The Morgan fingerprint density at radius 2 is 2.06 bits per heavy atom. The second kappa shape index (κ2) is 7.13. The van der Waals surface area contributed by atoms with Gasteiger partial charge in [0, 0.05) is 5.38 Å². The van der Waals surface area contributed by atoms with Crippen molar-refractivity contribution < 1.29 is 4.39 Å². The van der Waals surface area contributed by atoms with Gasteiger partial charge >= 0.3 is 0 Å². The maximum absolute atomic E-state index is 13.1. The smallest absolute Gasteiger partial charge is 0.142 e. The van der Waals surface area contributed by atoms with Crippen LogP contribution in [0.3, 0.4) is 0 Å². The van der Waals surface area contributed by atoms with Crippen molar-refractivity contribution >= 4 is 23.2 Å². The van der Waals surface area contributed by atoms with Crippen molar-refractivity contribution in [3.63, 3.8) is 0 Å². The molecule has 1 rings (SSSR count). The normalized spacial score (nSPS) is 12.8. The van der Waals surface area contributed by atoms with Crippen molar-refractivity contribution in [2.75, 3.05) is 0 Å². The van der Waals surface area contributed by atoms with Gasteiger partial charge in [0.25, 0.3) is 0 Å². The molecule has 0 aromatic heterocycles. The molecule has 0 aliphatic carbocycles. The molecule has 0 amide bonds. The van der Waals surface area contributed by atoms with E-state index in [0.29, 0.717) is 0 Å². The van der Waals surface area contributed by atoms with Crippen molar-refractivity contribution in [3.05, 3.63) is 34.6 Å². The van der Waals surface area contributed by atoms with Gasteiger partial charge in [-0.3, -0.25) is 0 Å². The largest absolute Gasteiger partial charge is 0.205 e. The van der Waals surface area contributed by atoms with E-state index in [1.807, 2.05) is 6.07 Å². The van der Waals surface area contributed by atoms with E-state index in [0.717, 1.165) is 37.7 Å². The molecular weight excluding hydrogens is 246 g/mol. The molecule has 0 spiro atoms. The molecule has 0 saturated heterocycles. The number of benzene rings is 1. The fourth-order valence-electron chi connectivity index (χ4n) is 1.68. The first-order valence-electron chi connectivity index (χ1n) is 5.71. The third-order valence-electron chi connectivity index (χ3n) is 2.57. The van der Waals surface area contributed by atoms with Gasteiger partial charge in [-0.15, -0.1) is 11.6 Å². The Labute approximate surface area is 107 Å². The van der Waals surface area contributed by atoms with Crippen molar-refractivity contribution in [1.82, 2.24) is 0 Å². The highest BCUT2D eigenvalue weighted by atomic mass is 35.5. The molecule has 0 bridgehead atoms. The lowest BCUT2D eigenvalue weighted by molar-refractivity contribution is 0.618. The molecule has 0 N–H and O–H groups in total. The van der Waals surface area contributed by atoms with Crippen LogP contribution < -0.4 is 0 Å². The highest BCUT2D eigenvalue weighted by Crippen LogP contribution is 2.18. The third kappa shape index (κ3) is 4.71. The van der Waals surface area contributed by atoms with E-state index in [4.69, 9.17) is 23.2 Å². The molecule has 0 fully saturated rings. The van der Waals surface area contributed by atoms with E-state index in [-0.39, 0.29) is 16.2 Å². The number of rotatable bonds is 6. The van der Waals surface area contributed by atoms with Crippen LogP contribution in [0.25, 0.3) is 0 Å². The van der Waals surface area contributed by atoms with Crippen LogP contribution in [0.5, 0.6) is 0 Å². The minimum absolute atomic E-state index is 0.185. The van der Waals surface area contributed by atoms with Gasteiger partial charge in [-0.25, -0.2) is 4.39 Å². The zero-order chi connectivity index (χ0) is 12.0. The number of hydrogen-bond acceptors (Lipinski definition) is 0. The summed E-state index contributed by atoms with van der Waals surface area (Å²) in [5, 5.41) is 0.437. The van der Waals surface area contributed by atoms with Crippen LogP contribution in [-0.4, -0.2) is 5.38 Å². The number of halogens is 3. The molecule has 0 nitrogen and oxygen atoms in total. The summed E-state index contributed by atoms with van der Waals surface area (Å²) in [5.74, 6) is -0.338. The van der Waals surface area contributed by atoms with Crippen molar-refractivity contribution in [1.29, 1.82) is 0 Å². The van der Waals surface area contributed by atoms with Crippen LogP contribution in [0.1, 0.15) is 38.2 Å². The van der Waals surface area contributed by atoms with Gasteiger partial charge in [-0.1, -0.05) is 31.0 Å². The average Bonchev–Trinajstić information content (AvgIpc) is 2.24. The lowest BCUT2D eigenvalue weighted by Gasteiger charge is -2.07. The zero-order valence-electron chi connectivity index (χ0n) is 9.48. The van der Waals surface area contributed by atoms with Crippen LogP contribution >= 0.6 is 23.2 Å². The highest BCUT2D eigenvalue weighted by molar-refractivity contribution is 6.30. The minimum Gasteiger partial charge on any atom is -0.205 e. The van der Waals surface area contributed by atoms with Gasteiger partial charge in [0.15, 0.2) is 0 Å². The predicted octanol–water partition coefficient (Wildman–Crippen LogP) is 5.21. The van der Waals surface area contributed by atoms with Crippen LogP contribution in [-0.2, 0) is 6.42 Å². The number of aryl methyl sites for hydroxylation is 1. The lowest BCUT2D eigenvalue weighted by atomic mass is 10.1. The second-order valence-corrected chi connectivity index (χ2v) is 5.05. The van der Waals surface area contributed by atoms with Crippen molar-refractivity contribution in [2.45, 2.75) is 44.4 Å². The molecule has 1 aromatic carbocycles. The fraction of sp³-hybridized carbons (Fsp3) is 0.538. The maximum atomic E-state index is 13.1. The minimum atomic E-state index is -0.338. The van der Waals surface area contributed by atoms with Gasteiger partial charge < -0.3 is 0 Å². The summed E-state index contributed by atoms with van der Waals surface area (Å²) < 4.78 is 13.1. The van der Waals surface area contributed by atoms with Crippen LogP contribution in [0.2, 0.25) is 5.02 Å². The third-order valence-corrected chi connectivity index (χ3v) is 3.31. The SMILES string of the molecule is CCCC(Cl)CCCc1ccc(Cl)c(F)c1. The molecular formula is C13H17Cl2F. The van der Waals surface area contributed by atoms with Gasteiger partial charge in [0.05, 0.1) is 5.02 Å². The summed E-state index contributed by atoms with van der Waals surface area (Å²) in [6.07, 6.45) is 5.01. The molecule has 90 valence electrons. The van der Waals surface area contributed by atoms with Gasteiger partial charge in [-0.05, 0) is 43.4 Å². The molecule has 3 heteroatoms. The molecule has 16 heavy (non-hydrogen) atoms.